The Bertz CT molecular complexity index is 919. The van der Waals surface area contributed by atoms with Crippen molar-refractivity contribution in [2.45, 2.75) is 93.9 Å². The monoisotopic (exact) mass is 436 g/mol. The minimum Gasteiger partial charge on any atom is -0.295 e. The Balaban J connectivity index is 1.73. The Hall–Kier alpha value is -1.44. The van der Waals surface area contributed by atoms with Crippen LogP contribution in [0.2, 0.25) is 0 Å². The lowest BCUT2D eigenvalue weighted by Crippen LogP contribution is -2.57. The second-order valence-corrected chi connectivity index (χ2v) is 12.9. The van der Waals surface area contributed by atoms with E-state index in [9.17, 15) is 9.59 Å². The zero-order valence-corrected chi connectivity index (χ0v) is 21.7. The molecule has 0 aliphatic heterocycles. The van der Waals surface area contributed by atoms with E-state index in [0.29, 0.717) is 30.1 Å². The van der Waals surface area contributed by atoms with E-state index in [1.165, 1.54) is 18.4 Å². The van der Waals surface area contributed by atoms with Gasteiger partial charge in [-0.1, -0.05) is 73.1 Å². The molecule has 4 aliphatic carbocycles. The highest BCUT2D eigenvalue weighted by Crippen LogP contribution is 2.75. The van der Waals surface area contributed by atoms with Crippen LogP contribution in [0.4, 0.5) is 0 Å². The minimum atomic E-state index is -0.220. The fraction of sp³-hybridized carbons (Fsp3) is 0.733. The maximum Gasteiger partial charge on any atom is 0.182 e. The standard InChI is InChI=1S/C30H44O2/c1-19(2)20(3)9-10-21(4)23-12-14-29(7)26-18-25(32)24-17-22(31)11-13-27(24,5)30(26,8)16-15-28(23,29)6/h9-10,17-21,23H,11-16H2,1-8H3/b10-9+/t20-,21+,23+,27-,28+,29-,30-/m0/s1. The molecule has 0 N–H and O–H groups in total. The van der Waals surface area contributed by atoms with Gasteiger partial charge in [-0.2, -0.15) is 0 Å². The number of fused-ring (bicyclic) bond motifs is 5. The van der Waals surface area contributed by atoms with E-state index < -0.39 is 0 Å². The van der Waals surface area contributed by atoms with Gasteiger partial charge in [0.25, 0.3) is 0 Å². The first kappa shape index (κ1) is 23.7. The highest BCUT2D eigenvalue weighted by atomic mass is 16.1. The van der Waals surface area contributed by atoms with Gasteiger partial charge in [-0.25, -0.2) is 0 Å². The molecule has 32 heavy (non-hydrogen) atoms. The van der Waals surface area contributed by atoms with Crippen molar-refractivity contribution in [2.75, 3.05) is 0 Å². The van der Waals surface area contributed by atoms with Gasteiger partial charge in [0.05, 0.1) is 0 Å². The third kappa shape index (κ3) is 3.03. The van der Waals surface area contributed by atoms with Crippen LogP contribution in [-0.4, -0.2) is 11.6 Å². The van der Waals surface area contributed by atoms with Crippen LogP contribution in [0.15, 0.2) is 35.5 Å². The predicted molar refractivity (Wildman–Crippen MR) is 132 cm³/mol. The molecule has 0 aromatic rings. The van der Waals surface area contributed by atoms with Crippen LogP contribution in [0.1, 0.15) is 93.9 Å². The van der Waals surface area contributed by atoms with Crippen molar-refractivity contribution in [3.05, 3.63) is 35.5 Å². The molecule has 0 spiro atoms. The molecule has 0 bridgehead atoms. The first-order chi connectivity index (χ1) is 14.8. The molecule has 0 aromatic carbocycles. The van der Waals surface area contributed by atoms with Gasteiger partial charge in [0.15, 0.2) is 11.6 Å². The zero-order valence-electron chi connectivity index (χ0n) is 21.7. The molecule has 4 rings (SSSR count). The Morgan fingerprint density at radius 2 is 1.53 bits per heavy atom. The third-order valence-electron chi connectivity index (χ3n) is 11.3. The first-order valence-corrected chi connectivity index (χ1v) is 13.0. The Morgan fingerprint density at radius 3 is 2.19 bits per heavy atom. The van der Waals surface area contributed by atoms with Gasteiger partial charge in [-0.15, -0.1) is 0 Å². The summed E-state index contributed by atoms with van der Waals surface area (Å²) in [5, 5.41) is 0. The molecule has 0 aromatic heterocycles. The molecule has 2 nitrogen and oxygen atoms in total. The molecule has 2 fully saturated rings. The Morgan fingerprint density at radius 1 is 0.844 bits per heavy atom. The highest BCUT2D eigenvalue weighted by molar-refractivity contribution is 6.12. The summed E-state index contributed by atoms with van der Waals surface area (Å²) in [6.45, 7) is 19.0. The molecule has 0 amide bonds. The quantitative estimate of drug-likeness (QED) is 0.428. The number of rotatable bonds is 4. The van der Waals surface area contributed by atoms with Crippen LogP contribution in [0, 0.1) is 45.3 Å². The molecule has 0 saturated heterocycles. The van der Waals surface area contributed by atoms with Crippen LogP contribution in [-0.2, 0) is 9.59 Å². The number of allylic oxidation sites excluding steroid dienone is 6. The van der Waals surface area contributed by atoms with E-state index in [1.54, 1.807) is 6.08 Å². The van der Waals surface area contributed by atoms with Crippen molar-refractivity contribution in [3.8, 4) is 0 Å². The molecule has 4 aliphatic rings. The fourth-order valence-electron chi connectivity index (χ4n) is 8.08. The number of carbonyl (C=O) groups is 2. The Labute approximate surface area is 196 Å². The average molecular weight is 437 g/mol. The van der Waals surface area contributed by atoms with E-state index in [1.807, 2.05) is 6.08 Å². The van der Waals surface area contributed by atoms with Gasteiger partial charge in [-0.05, 0) is 84.2 Å². The van der Waals surface area contributed by atoms with Crippen molar-refractivity contribution >= 4 is 11.6 Å². The molecule has 0 radical (unpaired) electrons. The summed E-state index contributed by atoms with van der Waals surface area (Å²) >= 11 is 0. The largest absolute Gasteiger partial charge is 0.295 e. The van der Waals surface area contributed by atoms with Crippen molar-refractivity contribution in [2.24, 2.45) is 45.3 Å². The number of hydrogen-bond donors (Lipinski definition) is 0. The average Bonchev–Trinajstić information content (AvgIpc) is 3.01. The molecule has 2 saturated carbocycles. The van der Waals surface area contributed by atoms with E-state index in [4.69, 9.17) is 0 Å². The SMILES string of the molecule is CC(C)[C@@H](C)/C=C/[C@@H](C)[C@H]1CC[C@@]2(C)C3=CC(=O)C4=CC(=O)CC[C@]4(C)[C@@]3(C)CC[C@]12C. The number of ketones is 2. The van der Waals surface area contributed by atoms with Gasteiger partial charge in [0.2, 0.25) is 0 Å². The van der Waals surface area contributed by atoms with Gasteiger partial charge >= 0.3 is 0 Å². The lowest BCUT2D eigenvalue weighted by molar-refractivity contribution is -0.122. The molecular formula is C30H44O2. The molecule has 0 heterocycles. The molecule has 2 heteroatoms. The second kappa shape index (κ2) is 7.54. The summed E-state index contributed by atoms with van der Waals surface area (Å²) in [4.78, 5) is 25.5. The molecule has 0 unspecified atom stereocenters. The maximum absolute atomic E-state index is 13.4. The molecule has 7 atom stereocenters. The van der Waals surface area contributed by atoms with Gasteiger partial charge in [-0.3, -0.25) is 9.59 Å². The zero-order chi connectivity index (χ0) is 23.7. The fourth-order valence-corrected chi connectivity index (χ4v) is 8.08. The van der Waals surface area contributed by atoms with Gasteiger partial charge < -0.3 is 0 Å². The predicted octanol–water partition coefficient (Wildman–Crippen LogP) is 7.50. The van der Waals surface area contributed by atoms with Crippen LogP contribution in [0.3, 0.4) is 0 Å². The van der Waals surface area contributed by atoms with Crippen molar-refractivity contribution in [1.29, 1.82) is 0 Å². The van der Waals surface area contributed by atoms with Gasteiger partial charge in [0.1, 0.15) is 0 Å². The summed E-state index contributed by atoms with van der Waals surface area (Å²) in [5.41, 5.74) is 2.16. The van der Waals surface area contributed by atoms with E-state index in [0.717, 1.165) is 24.8 Å². The lowest BCUT2D eigenvalue weighted by Gasteiger charge is -2.64. The summed E-state index contributed by atoms with van der Waals surface area (Å²) in [7, 11) is 0. The van der Waals surface area contributed by atoms with Crippen LogP contribution >= 0.6 is 0 Å². The second-order valence-electron chi connectivity index (χ2n) is 12.9. The van der Waals surface area contributed by atoms with Crippen molar-refractivity contribution in [1.82, 2.24) is 0 Å². The number of carbonyl (C=O) groups excluding carboxylic acids is 2. The van der Waals surface area contributed by atoms with Crippen LogP contribution in [0.25, 0.3) is 0 Å². The first-order valence-electron chi connectivity index (χ1n) is 13.0. The van der Waals surface area contributed by atoms with E-state index in [2.05, 4.69) is 67.5 Å². The van der Waals surface area contributed by atoms with E-state index in [-0.39, 0.29) is 33.2 Å². The Kier molecular flexibility index (Phi) is 5.58. The highest BCUT2D eigenvalue weighted by Gasteiger charge is 2.67. The van der Waals surface area contributed by atoms with E-state index >= 15 is 0 Å². The van der Waals surface area contributed by atoms with Crippen LogP contribution < -0.4 is 0 Å². The van der Waals surface area contributed by atoms with Gasteiger partial charge in [0, 0.05) is 17.4 Å². The topological polar surface area (TPSA) is 34.1 Å². The van der Waals surface area contributed by atoms with Crippen molar-refractivity contribution < 1.29 is 9.59 Å². The van der Waals surface area contributed by atoms with Crippen molar-refractivity contribution in [3.63, 3.8) is 0 Å². The lowest BCUT2D eigenvalue weighted by atomic mass is 9.39. The summed E-state index contributed by atoms with van der Waals surface area (Å²) in [6.07, 6.45) is 14.6. The smallest absolute Gasteiger partial charge is 0.182 e. The normalized spacial score (nSPS) is 43.5. The molecule has 176 valence electrons. The minimum absolute atomic E-state index is 0.0399. The number of hydrogen-bond acceptors (Lipinski definition) is 2. The molecular weight excluding hydrogens is 392 g/mol. The summed E-state index contributed by atoms with van der Waals surface area (Å²) in [6, 6.07) is 0. The maximum atomic E-state index is 13.4. The third-order valence-corrected chi connectivity index (χ3v) is 11.3. The van der Waals surface area contributed by atoms with Crippen LogP contribution in [0.5, 0.6) is 0 Å². The summed E-state index contributed by atoms with van der Waals surface area (Å²) < 4.78 is 0. The summed E-state index contributed by atoms with van der Waals surface area (Å²) in [5.74, 6) is 2.68.